The molecule has 1 saturated heterocycles. The molecule has 1 aliphatic rings. The summed E-state index contributed by atoms with van der Waals surface area (Å²) >= 11 is 0. The lowest BCUT2D eigenvalue weighted by molar-refractivity contribution is -0.144. The molecule has 0 N–H and O–H groups in total. The van der Waals surface area contributed by atoms with Gasteiger partial charge in [0.15, 0.2) is 5.78 Å². The van der Waals surface area contributed by atoms with Gasteiger partial charge in [0, 0.05) is 18.5 Å². The summed E-state index contributed by atoms with van der Waals surface area (Å²) in [5.74, 6) is -0.737. The Morgan fingerprint density at radius 2 is 2.00 bits per heavy atom. The molecule has 2 rings (SSSR count). The van der Waals surface area contributed by atoms with Crippen LogP contribution in [0.1, 0.15) is 36.5 Å². The first-order chi connectivity index (χ1) is 10.1. The zero-order valence-corrected chi connectivity index (χ0v) is 12.1. The van der Waals surface area contributed by atoms with E-state index >= 15 is 0 Å². The van der Waals surface area contributed by atoms with Crippen molar-refractivity contribution in [3.8, 4) is 0 Å². The smallest absolute Gasteiger partial charge is 0.308 e. The number of nitrogens with zero attached hydrogens (tertiary/aromatic N) is 1. The van der Waals surface area contributed by atoms with E-state index in [1.54, 1.807) is 31.2 Å². The Hall–Kier alpha value is -2.17. The van der Waals surface area contributed by atoms with Crippen molar-refractivity contribution >= 4 is 17.7 Å². The van der Waals surface area contributed by atoms with E-state index in [0.29, 0.717) is 18.5 Å². The third kappa shape index (κ3) is 3.68. The summed E-state index contributed by atoms with van der Waals surface area (Å²) in [4.78, 5) is 37.8. The fraction of sp³-hybridized carbons (Fsp3) is 0.438. The van der Waals surface area contributed by atoms with Crippen LogP contribution in [0.15, 0.2) is 30.3 Å². The van der Waals surface area contributed by atoms with Gasteiger partial charge in [-0.05, 0) is 13.3 Å². The van der Waals surface area contributed by atoms with Gasteiger partial charge in [0.05, 0.1) is 13.0 Å². The molecule has 0 aliphatic carbocycles. The van der Waals surface area contributed by atoms with Crippen LogP contribution in [0.4, 0.5) is 0 Å². The Bertz CT molecular complexity index is 526. The molecular formula is C16H19NO4. The fourth-order valence-electron chi connectivity index (χ4n) is 2.52. The number of esters is 1. The summed E-state index contributed by atoms with van der Waals surface area (Å²) in [6, 6.07) is 7.97. The Morgan fingerprint density at radius 1 is 1.29 bits per heavy atom. The molecule has 0 radical (unpaired) electrons. The van der Waals surface area contributed by atoms with Crippen molar-refractivity contribution < 1.29 is 19.1 Å². The van der Waals surface area contributed by atoms with E-state index in [1.165, 1.54) is 4.90 Å². The number of likely N-dealkylation sites (tertiary alicyclic amines) is 1. The molecule has 1 aromatic rings. The summed E-state index contributed by atoms with van der Waals surface area (Å²) < 4.78 is 4.92. The SMILES string of the molecule is CCOC(=O)CC(C(=O)c1ccccc1)N1CCCC1=O. The minimum absolute atomic E-state index is 0.0754. The van der Waals surface area contributed by atoms with Crippen LogP contribution in [0.25, 0.3) is 0 Å². The average molecular weight is 289 g/mol. The van der Waals surface area contributed by atoms with Crippen LogP contribution in [0.5, 0.6) is 0 Å². The maximum Gasteiger partial charge on any atom is 0.308 e. The number of hydrogen-bond acceptors (Lipinski definition) is 4. The molecule has 1 amide bonds. The highest BCUT2D eigenvalue weighted by molar-refractivity contribution is 6.03. The number of ketones is 1. The number of Topliss-reactive ketones (excluding diaryl/α,β-unsaturated/α-hetero) is 1. The molecule has 0 saturated carbocycles. The zero-order valence-electron chi connectivity index (χ0n) is 12.1. The van der Waals surface area contributed by atoms with Gasteiger partial charge in [0.1, 0.15) is 6.04 Å². The molecule has 21 heavy (non-hydrogen) atoms. The van der Waals surface area contributed by atoms with Gasteiger partial charge < -0.3 is 9.64 Å². The first-order valence-corrected chi connectivity index (χ1v) is 7.18. The molecule has 1 aromatic carbocycles. The molecule has 112 valence electrons. The zero-order chi connectivity index (χ0) is 15.2. The summed E-state index contributed by atoms with van der Waals surface area (Å²) in [5.41, 5.74) is 0.506. The molecule has 1 fully saturated rings. The number of carbonyl (C=O) groups is 3. The second-order valence-electron chi connectivity index (χ2n) is 4.95. The van der Waals surface area contributed by atoms with Crippen molar-refractivity contribution in [2.75, 3.05) is 13.2 Å². The molecule has 5 heteroatoms. The highest BCUT2D eigenvalue weighted by atomic mass is 16.5. The molecule has 1 aliphatic heterocycles. The Morgan fingerprint density at radius 3 is 2.57 bits per heavy atom. The first kappa shape index (κ1) is 15.2. The van der Waals surface area contributed by atoms with Crippen LogP contribution >= 0.6 is 0 Å². The third-order valence-corrected chi connectivity index (χ3v) is 3.51. The number of carbonyl (C=O) groups excluding carboxylic acids is 3. The van der Waals surface area contributed by atoms with E-state index in [0.717, 1.165) is 6.42 Å². The van der Waals surface area contributed by atoms with E-state index in [1.807, 2.05) is 6.07 Å². The number of benzene rings is 1. The third-order valence-electron chi connectivity index (χ3n) is 3.51. The normalized spacial score (nSPS) is 15.9. The molecule has 5 nitrogen and oxygen atoms in total. The van der Waals surface area contributed by atoms with Crippen LogP contribution in [0.2, 0.25) is 0 Å². The average Bonchev–Trinajstić information content (AvgIpc) is 2.91. The van der Waals surface area contributed by atoms with Crippen LogP contribution in [0, 0.1) is 0 Å². The maximum absolute atomic E-state index is 12.6. The quantitative estimate of drug-likeness (QED) is 0.592. The number of hydrogen-bond donors (Lipinski definition) is 0. The Kier molecular flexibility index (Phi) is 5.09. The molecule has 0 bridgehead atoms. The van der Waals surface area contributed by atoms with Gasteiger partial charge in [-0.2, -0.15) is 0 Å². The van der Waals surface area contributed by atoms with E-state index in [-0.39, 0.29) is 24.7 Å². The first-order valence-electron chi connectivity index (χ1n) is 7.18. The van der Waals surface area contributed by atoms with E-state index in [9.17, 15) is 14.4 Å². The van der Waals surface area contributed by atoms with Crippen LogP contribution in [0.3, 0.4) is 0 Å². The van der Waals surface area contributed by atoms with Gasteiger partial charge in [-0.15, -0.1) is 0 Å². The van der Waals surface area contributed by atoms with Crippen molar-refractivity contribution in [3.63, 3.8) is 0 Å². The predicted octanol–water partition coefficient (Wildman–Crippen LogP) is 1.81. The van der Waals surface area contributed by atoms with Gasteiger partial charge >= 0.3 is 5.97 Å². The van der Waals surface area contributed by atoms with Crippen LogP contribution < -0.4 is 0 Å². The largest absolute Gasteiger partial charge is 0.466 e. The molecular weight excluding hydrogens is 270 g/mol. The Labute approximate surface area is 123 Å². The summed E-state index contributed by atoms with van der Waals surface area (Å²) in [6.07, 6.45) is 1.06. The molecule has 1 atom stereocenters. The molecule has 0 spiro atoms. The molecule has 0 aromatic heterocycles. The van der Waals surface area contributed by atoms with E-state index in [2.05, 4.69) is 0 Å². The second-order valence-corrected chi connectivity index (χ2v) is 4.95. The number of amides is 1. The standard InChI is InChI=1S/C16H19NO4/c1-2-21-15(19)11-13(17-10-6-9-14(17)18)16(20)12-7-4-3-5-8-12/h3-5,7-8,13H,2,6,9-11H2,1H3. The minimum atomic E-state index is -0.763. The van der Waals surface area contributed by atoms with Crippen molar-refractivity contribution in [2.24, 2.45) is 0 Å². The highest BCUT2D eigenvalue weighted by Gasteiger charge is 2.35. The van der Waals surface area contributed by atoms with Crippen molar-refractivity contribution in [1.82, 2.24) is 4.90 Å². The lowest BCUT2D eigenvalue weighted by atomic mass is 10.0. The van der Waals surface area contributed by atoms with Gasteiger partial charge in [0.2, 0.25) is 5.91 Å². The van der Waals surface area contributed by atoms with Crippen molar-refractivity contribution in [2.45, 2.75) is 32.2 Å². The monoisotopic (exact) mass is 289 g/mol. The molecule has 1 unspecified atom stereocenters. The summed E-state index contributed by atoms with van der Waals surface area (Å²) in [6.45, 7) is 2.49. The van der Waals surface area contributed by atoms with E-state index < -0.39 is 12.0 Å². The lowest BCUT2D eigenvalue weighted by Gasteiger charge is -2.26. The minimum Gasteiger partial charge on any atom is -0.466 e. The van der Waals surface area contributed by atoms with Gasteiger partial charge in [0.25, 0.3) is 0 Å². The van der Waals surface area contributed by atoms with Crippen LogP contribution in [-0.2, 0) is 14.3 Å². The van der Waals surface area contributed by atoms with Crippen LogP contribution in [-0.4, -0.2) is 41.8 Å². The second kappa shape index (κ2) is 7.02. The topological polar surface area (TPSA) is 63.7 Å². The predicted molar refractivity (Wildman–Crippen MR) is 76.8 cm³/mol. The van der Waals surface area contributed by atoms with Gasteiger partial charge in [-0.3, -0.25) is 14.4 Å². The Balaban J connectivity index is 2.20. The van der Waals surface area contributed by atoms with Gasteiger partial charge in [-0.25, -0.2) is 0 Å². The van der Waals surface area contributed by atoms with E-state index in [4.69, 9.17) is 4.74 Å². The molecule has 1 heterocycles. The maximum atomic E-state index is 12.6. The summed E-state index contributed by atoms with van der Waals surface area (Å²) in [5, 5.41) is 0. The van der Waals surface area contributed by atoms with Crippen molar-refractivity contribution in [1.29, 1.82) is 0 Å². The number of rotatable bonds is 6. The van der Waals surface area contributed by atoms with Gasteiger partial charge in [-0.1, -0.05) is 30.3 Å². The van der Waals surface area contributed by atoms with Crippen molar-refractivity contribution in [3.05, 3.63) is 35.9 Å². The highest BCUT2D eigenvalue weighted by Crippen LogP contribution is 2.20. The lowest BCUT2D eigenvalue weighted by Crippen LogP contribution is -2.43. The summed E-state index contributed by atoms with van der Waals surface area (Å²) in [7, 11) is 0. The number of ether oxygens (including phenoxy) is 1. The fourth-order valence-corrected chi connectivity index (χ4v) is 2.52.